The Bertz CT molecular complexity index is 350. The highest BCUT2D eigenvalue weighted by molar-refractivity contribution is 6.35. The third-order valence-corrected chi connectivity index (χ3v) is 3.50. The van der Waals surface area contributed by atoms with E-state index < -0.39 is 0 Å². The van der Waals surface area contributed by atoms with E-state index in [0.717, 1.165) is 24.4 Å². The summed E-state index contributed by atoms with van der Waals surface area (Å²) in [6.07, 6.45) is 2.10. The molecule has 1 N–H and O–H groups in total. The van der Waals surface area contributed by atoms with Gasteiger partial charge < -0.3 is 5.32 Å². The van der Waals surface area contributed by atoms with Gasteiger partial charge in [-0.05, 0) is 43.0 Å². The molecule has 0 heterocycles. The molecule has 1 atom stereocenters. The maximum absolute atomic E-state index is 6.20. The Labute approximate surface area is 115 Å². The highest BCUT2D eigenvalue weighted by Crippen LogP contribution is 2.23. The molecule has 1 rings (SSSR count). The van der Waals surface area contributed by atoms with Crippen LogP contribution in [0.15, 0.2) is 18.2 Å². The van der Waals surface area contributed by atoms with Gasteiger partial charge in [-0.3, -0.25) is 0 Å². The van der Waals surface area contributed by atoms with Crippen molar-refractivity contribution in [2.24, 2.45) is 5.92 Å². The van der Waals surface area contributed by atoms with Crippen molar-refractivity contribution in [3.05, 3.63) is 33.8 Å². The smallest absolute Gasteiger partial charge is 0.0453 e. The number of rotatable bonds is 6. The lowest BCUT2D eigenvalue weighted by atomic mass is 9.96. The summed E-state index contributed by atoms with van der Waals surface area (Å²) >= 11 is 12.1. The molecule has 0 spiro atoms. The fourth-order valence-corrected chi connectivity index (χ4v) is 2.28. The van der Waals surface area contributed by atoms with Gasteiger partial charge in [-0.15, -0.1) is 0 Å². The van der Waals surface area contributed by atoms with Crippen LogP contribution in [-0.4, -0.2) is 12.6 Å². The lowest BCUT2D eigenvalue weighted by Gasteiger charge is -2.23. The Balaban J connectivity index is 2.71. The molecular formula is C14H21Cl2N. The normalized spacial score (nSPS) is 13.1. The van der Waals surface area contributed by atoms with E-state index in [1.807, 2.05) is 18.2 Å². The van der Waals surface area contributed by atoms with Gasteiger partial charge in [-0.1, -0.05) is 50.0 Å². The molecule has 1 aromatic rings. The van der Waals surface area contributed by atoms with Crippen molar-refractivity contribution < 1.29 is 0 Å². The van der Waals surface area contributed by atoms with Gasteiger partial charge >= 0.3 is 0 Å². The molecule has 17 heavy (non-hydrogen) atoms. The molecule has 0 saturated carbocycles. The number of benzene rings is 1. The zero-order valence-electron chi connectivity index (χ0n) is 10.8. The topological polar surface area (TPSA) is 12.0 Å². The van der Waals surface area contributed by atoms with Crippen LogP contribution in [0.4, 0.5) is 0 Å². The summed E-state index contributed by atoms with van der Waals surface area (Å²) < 4.78 is 0. The quantitative estimate of drug-likeness (QED) is 0.801. The minimum atomic E-state index is 0.466. The highest BCUT2D eigenvalue weighted by Gasteiger charge is 2.14. The largest absolute Gasteiger partial charge is 0.313 e. The maximum atomic E-state index is 6.20. The average Bonchev–Trinajstić information content (AvgIpc) is 2.26. The molecule has 0 aromatic heterocycles. The van der Waals surface area contributed by atoms with Crippen molar-refractivity contribution >= 4 is 23.2 Å². The summed E-state index contributed by atoms with van der Waals surface area (Å²) in [5.74, 6) is 0.591. The van der Waals surface area contributed by atoms with Gasteiger partial charge in [0.25, 0.3) is 0 Å². The molecule has 0 fully saturated rings. The molecule has 0 aliphatic rings. The fraction of sp³-hybridized carbons (Fsp3) is 0.571. The predicted octanol–water partition coefficient (Wildman–Crippen LogP) is 4.56. The number of hydrogen-bond donors (Lipinski definition) is 1. The van der Waals surface area contributed by atoms with Crippen molar-refractivity contribution in [2.45, 2.75) is 39.7 Å². The number of nitrogens with one attached hydrogen (secondary N) is 1. The first kappa shape index (κ1) is 14.8. The van der Waals surface area contributed by atoms with Crippen molar-refractivity contribution in [2.75, 3.05) is 6.54 Å². The number of hydrogen-bond acceptors (Lipinski definition) is 1. The van der Waals surface area contributed by atoms with Crippen LogP contribution in [0.3, 0.4) is 0 Å². The van der Waals surface area contributed by atoms with Gasteiger partial charge in [0.2, 0.25) is 0 Å². The summed E-state index contributed by atoms with van der Waals surface area (Å²) in [6, 6.07) is 6.21. The summed E-state index contributed by atoms with van der Waals surface area (Å²) in [5.41, 5.74) is 1.17. The van der Waals surface area contributed by atoms with Gasteiger partial charge in [0.15, 0.2) is 0 Å². The van der Waals surface area contributed by atoms with Gasteiger partial charge in [0.1, 0.15) is 0 Å². The molecule has 0 aliphatic carbocycles. The molecule has 0 amide bonds. The van der Waals surface area contributed by atoms with Crippen LogP contribution >= 0.6 is 23.2 Å². The molecule has 96 valence electrons. The minimum absolute atomic E-state index is 0.466. The van der Waals surface area contributed by atoms with Crippen LogP contribution < -0.4 is 5.32 Å². The second-order valence-corrected chi connectivity index (χ2v) is 5.59. The van der Waals surface area contributed by atoms with Crippen LogP contribution in [0, 0.1) is 5.92 Å². The predicted molar refractivity (Wildman–Crippen MR) is 77.1 cm³/mol. The third-order valence-electron chi connectivity index (χ3n) is 2.92. The number of halogens is 2. The van der Waals surface area contributed by atoms with E-state index in [1.54, 1.807) is 0 Å². The molecule has 0 aliphatic heterocycles. The minimum Gasteiger partial charge on any atom is -0.313 e. The summed E-state index contributed by atoms with van der Waals surface area (Å²) in [6.45, 7) is 7.70. The second kappa shape index (κ2) is 7.25. The lowest BCUT2D eigenvalue weighted by Crippen LogP contribution is -2.36. The van der Waals surface area contributed by atoms with Crippen molar-refractivity contribution in [3.63, 3.8) is 0 Å². The van der Waals surface area contributed by atoms with Crippen molar-refractivity contribution in [1.82, 2.24) is 5.32 Å². The Kier molecular flexibility index (Phi) is 6.32. The van der Waals surface area contributed by atoms with E-state index in [0.29, 0.717) is 17.0 Å². The van der Waals surface area contributed by atoms with Crippen LogP contribution in [0.25, 0.3) is 0 Å². The second-order valence-electron chi connectivity index (χ2n) is 4.74. The van der Waals surface area contributed by atoms with E-state index >= 15 is 0 Å². The van der Waals surface area contributed by atoms with Crippen LogP contribution in [0.5, 0.6) is 0 Å². The average molecular weight is 274 g/mol. The summed E-state index contributed by atoms with van der Waals surface area (Å²) in [5, 5.41) is 5.03. The molecule has 1 nitrogen and oxygen atoms in total. The standard InChI is InChI=1S/C14H21Cl2N/c1-4-7-17-14(10(2)3)8-11-5-6-12(15)9-13(11)16/h5-6,9-10,14,17H,4,7-8H2,1-3H3. The van der Waals surface area contributed by atoms with Gasteiger partial charge in [0.05, 0.1) is 0 Å². The monoisotopic (exact) mass is 273 g/mol. The zero-order chi connectivity index (χ0) is 12.8. The molecule has 0 saturated heterocycles. The first-order chi connectivity index (χ1) is 8.04. The zero-order valence-corrected chi connectivity index (χ0v) is 12.3. The fourth-order valence-electron chi connectivity index (χ4n) is 1.80. The Morgan fingerprint density at radius 3 is 2.47 bits per heavy atom. The molecule has 3 heteroatoms. The Morgan fingerprint density at radius 2 is 1.94 bits per heavy atom. The highest BCUT2D eigenvalue weighted by atomic mass is 35.5. The van der Waals surface area contributed by atoms with Gasteiger partial charge in [-0.2, -0.15) is 0 Å². The van der Waals surface area contributed by atoms with E-state index in [9.17, 15) is 0 Å². The first-order valence-electron chi connectivity index (χ1n) is 6.22. The van der Waals surface area contributed by atoms with Gasteiger partial charge in [-0.25, -0.2) is 0 Å². The van der Waals surface area contributed by atoms with Crippen molar-refractivity contribution in [3.8, 4) is 0 Å². The van der Waals surface area contributed by atoms with E-state index in [1.165, 1.54) is 5.56 Å². The molecular weight excluding hydrogens is 253 g/mol. The molecule has 0 radical (unpaired) electrons. The van der Waals surface area contributed by atoms with Gasteiger partial charge in [0, 0.05) is 16.1 Å². The van der Waals surface area contributed by atoms with Crippen LogP contribution in [0.2, 0.25) is 10.0 Å². The molecule has 0 bridgehead atoms. The Hall–Kier alpha value is -0.240. The van der Waals surface area contributed by atoms with E-state index in [4.69, 9.17) is 23.2 Å². The van der Waals surface area contributed by atoms with Crippen molar-refractivity contribution in [1.29, 1.82) is 0 Å². The molecule has 1 aromatic carbocycles. The first-order valence-corrected chi connectivity index (χ1v) is 6.97. The lowest BCUT2D eigenvalue weighted by molar-refractivity contribution is 0.397. The maximum Gasteiger partial charge on any atom is 0.0453 e. The van der Waals surface area contributed by atoms with Crippen LogP contribution in [0.1, 0.15) is 32.8 Å². The summed E-state index contributed by atoms with van der Waals surface area (Å²) in [7, 11) is 0. The van der Waals surface area contributed by atoms with E-state index in [-0.39, 0.29) is 0 Å². The SMILES string of the molecule is CCCNC(Cc1ccc(Cl)cc1Cl)C(C)C. The molecule has 1 unspecified atom stereocenters. The van der Waals surface area contributed by atoms with E-state index in [2.05, 4.69) is 26.1 Å². The summed E-state index contributed by atoms with van der Waals surface area (Å²) in [4.78, 5) is 0. The van der Waals surface area contributed by atoms with Crippen LogP contribution in [-0.2, 0) is 6.42 Å². The Morgan fingerprint density at radius 1 is 1.24 bits per heavy atom. The third kappa shape index (κ3) is 4.87.